The third-order valence-corrected chi connectivity index (χ3v) is 3.12. The number of hydrogen-bond donors (Lipinski definition) is 2. The number of esters is 2. The van der Waals surface area contributed by atoms with Gasteiger partial charge in [-0.15, -0.1) is 5.10 Å². The molecule has 2 heterocycles. The maximum absolute atomic E-state index is 11.6. The highest BCUT2D eigenvalue weighted by molar-refractivity contribution is 5.95. The van der Waals surface area contributed by atoms with Gasteiger partial charge in [0.25, 0.3) is 5.56 Å². The largest absolute Gasteiger partial charge is 0.468 e. The van der Waals surface area contributed by atoms with Gasteiger partial charge in [-0.25, -0.2) is 9.48 Å². The van der Waals surface area contributed by atoms with E-state index in [9.17, 15) is 19.2 Å². The van der Waals surface area contributed by atoms with Crippen LogP contribution in [0.1, 0.15) is 11.4 Å². The Kier molecular flexibility index (Phi) is 5.24. The average Bonchev–Trinajstić information content (AvgIpc) is 2.97. The van der Waals surface area contributed by atoms with Gasteiger partial charge in [0, 0.05) is 24.4 Å². The van der Waals surface area contributed by atoms with Crippen molar-refractivity contribution in [3.8, 4) is 0 Å². The van der Waals surface area contributed by atoms with Crippen LogP contribution in [0.2, 0.25) is 0 Å². The number of hydrogen-bond acceptors (Lipinski definition) is 8. The lowest BCUT2D eigenvalue weighted by molar-refractivity contribution is -0.158. The monoisotopic (exact) mass is 337 g/mol. The predicted octanol–water partition coefficient (Wildman–Crippen LogP) is -1.79. The number of nitrogens with zero attached hydrogens (tertiary/aromatic N) is 3. The highest BCUT2D eigenvalue weighted by Gasteiger charge is 2.29. The number of rotatable bonds is 6. The van der Waals surface area contributed by atoms with E-state index in [0.29, 0.717) is 11.4 Å². The summed E-state index contributed by atoms with van der Waals surface area (Å²) in [5, 5.41) is 7.67. The summed E-state index contributed by atoms with van der Waals surface area (Å²) in [5.74, 6) is -2.63. The van der Waals surface area contributed by atoms with Crippen LogP contribution in [0.5, 0.6) is 0 Å². The van der Waals surface area contributed by atoms with Gasteiger partial charge in [0.05, 0.1) is 26.5 Å². The minimum absolute atomic E-state index is 0.0504. The number of nitrogens with one attached hydrogen (secondary N) is 2. The van der Waals surface area contributed by atoms with Crippen LogP contribution < -0.4 is 11.2 Å². The highest BCUT2D eigenvalue weighted by Crippen LogP contribution is 2.10. The fraction of sp³-hybridized carbons (Fsp3) is 0.385. The molecule has 0 aliphatic rings. The van der Waals surface area contributed by atoms with Crippen molar-refractivity contribution in [1.29, 1.82) is 0 Å². The molecule has 2 aromatic heterocycles. The van der Waals surface area contributed by atoms with Gasteiger partial charge in [-0.1, -0.05) is 5.21 Å². The van der Waals surface area contributed by atoms with Crippen molar-refractivity contribution in [3.05, 3.63) is 44.5 Å². The molecule has 0 amide bonds. The Morgan fingerprint density at radius 2 is 1.88 bits per heavy atom. The normalized spacial score (nSPS) is 10.6. The van der Waals surface area contributed by atoms with Crippen molar-refractivity contribution < 1.29 is 19.1 Å². The number of aromatic nitrogens is 5. The molecule has 0 spiro atoms. The first-order chi connectivity index (χ1) is 11.4. The summed E-state index contributed by atoms with van der Waals surface area (Å²) >= 11 is 0. The van der Waals surface area contributed by atoms with Crippen molar-refractivity contribution in [2.24, 2.45) is 5.92 Å². The van der Waals surface area contributed by atoms with Crippen LogP contribution >= 0.6 is 0 Å². The molecule has 0 bridgehead atoms. The van der Waals surface area contributed by atoms with Gasteiger partial charge in [0.1, 0.15) is 0 Å². The summed E-state index contributed by atoms with van der Waals surface area (Å²) in [5.41, 5.74) is -0.486. The summed E-state index contributed by atoms with van der Waals surface area (Å²) in [6.07, 6.45) is 1.43. The molecule has 0 aromatic carbocycles. The Labute approximate surface area is 134 Å². The first-order valence-electron chi connectivity index (χ1n) is 6.80. The van der Waals surface area contributed by atoms with E-state index in [1.54, 1.807) is 0 Å². The van der Waals surface area contributed by atoms with Crippen molar-refractivity contribution >= 4 is 11.9 Å². The van der Waals surface area contributed by atoms with E-state index in [0.717, 1.165) is 0 Å². The fourth-order valence-corrected chi connectivity index (χ4v) is 2.04. The number of carbonyl (C=O) groups is 2. The molecule has 11 nitrogen and oxygen atoms in total. The van der Waals surface area contributed by atoms with E-state index in [4.69, 9.17) is 0 Å². The molecule has 0 radical (unpaired) electrons. The molecule has 128 valence electrons. The van der Waals surface area contributed by atoms with Crippen LogP contribution in [0.15, 0.2) is 21.9 Å². The van der Waals surface area contributed by atoms with Crippen molar-refractivity contribution in [2.75, 3.05) is 14.2 Å². The summed E-state index contributed by atoms with van der Waals surface area (Å²) in [6, 6.07) is 1.22. The molecule has 0 fully saturated rings. The van der Waals surface area contributed by atoms with Crippen LogP contribution in [0.4, 0.5) is 0 Å². The smallest absolute Gasteiger partial charge is 0.325 e. The lowest BCUT2D eigenvalue weighted by Crippen LogP contribution is -2.28. The van der Waals surface area contributed by atoms with E-state index >= 15 is 0 Å². The topological polar surface area (TPSA) is 149 Å². The van der Waals surface area contributed by atoms with Crippen LogP contribution in [-0.2, 0) is 32.0 Å². The molecule has 11 heteroatoms. The molecule has 0 unspecified atom stereocenters. The van der Waals surface area contributed by atoms with Crippen LogP contribution in [-0.4, -0.2) is 51.1 Å². The molecular weight excluding hydrogens is 322 g/mol. The number of H-pyrrole nitrogens is 2. The molecule has 0 atom stereocenters. The second-order valence-electron chi connectivity index (χ2n) is 4.82. The minimum Gasteiger partial charge on any atom is -0.468 e. The van der Waals surface area contributed by atoms with Crippen LogP contribution in [0.3, 0.4) is 0 Å². The Bertz CT molecular complexity index is 807. The van der Waals surface area contributed by atoms with Crippen molar-refractivity contribution in [1.82, 2.24) is 25.0 Å². The number of aromatic amines is 2. The maximum atomic E-state index is 11.6. The average molecular weight is 337 g/mol. The predicted molar refractivity (Wildman–Crippen MR) is 78.0 cm³/mol. The Hall–Kier alpha value is -3.24. The van der Waals surface area contributed by atoms with E-state index in [1.807, 2.05) is 0 Å². The van der Waals surface area contributed by atoms with Gasteiger partial charge in [-0.3, -0.25) is 19.4 Å². The third-order valence-electron chi connectivity index (χ3n) is 3.12. The molecule has 24 heavy (non-hydrogen) atoms. The Morgan fingerprint density at radius 1 is 1.21 bits per heavy atom. The van der Waals surface area contributed by atoms with Crippen molar-refractivity contribution in [3.63, 3.8) is 0 Å². The molecule has 0 aliphatic heterocycles. The molecule has 2 aromatic rings. The molecule has 0 saturated carbocycles. The minimum atomic E-state index is -1.15. The first kappa shape index (κ1) is 17.1. The molecule has 2 N–H and O–H groups in total. The summed E-state index contributed by atoms with van der Waals surface area (Å²) < 4.78 is 10.5. The maximum Gasteiger partial charge on any atom is 0.325 e. The van der Waals surface area contributed by atoms with Gasteiger partial charge in [0.15, 0.2) is 5.92 Å². The number of carbonyl (C=O) groups excluding carboxylic acids is 2. The first-order valence-corrected chi connectivity index (χ1v) is 6.80. The summed E-state index contributed by atoms with van der Waals surface area (Å²) in [4.78, 5) is 50.2. The number of methoxy groups -OCH3 is 2. The van der Waals surface area contributed by atoms with Crippen LogP contribution in [0, 0.1) is 5.92 Å². The van der Waals surface area contributed by atoms with E-state index in [1.165, 1.54) is 31.2 Å². The van der Waals surface area contributed by atoms with Gasteiger partial charge in [-0.05, 0) is 0 Å². The van der Waals surface area contributed by atoms with Gasteiger partial charge in [-0.2, -0.15) is 0 Å². The molecular formula is C13H15N5O6. The summed E-state index contributed by atoms with van der Waals surface area (Å²) in [6.45, 7) is 0.0906. The fourth-order valence-electron chi connectivity index (χ4n) is 2.04. The number of ether oxygens (including phenoxy) is 2. The van der Waals surface area contributed by atoms with Crippen molar-refractivity contribution in [2.45, 2.75) is 13.0 Å². The molecule has 2 rings (SSSR count). The zero-order chi connectivity index (χ0) is 17.7. The van der Waals surface area contributed by atoms with E-state index in [2.05, 4.69) is 29.8 Å². The van der Waals surface area contributed by atoms with Gasteiger partial charge >= 0.3 is 17.6 Å². The highest BCUT2D eigenvalue weighted by atomic mass is 16.5. The second-order valence-corrected chi connectivity index (χ2v) is 4.82. The quantitative estimate of drug-likeness (QED) is 0.463. The van der Waals surface area contributed by atoms with E-state index < -0.39 is 29.1 Å². The standard InChI is InChI=1S/C13H15N5O6/c1-23-11(20)9(12(21)24-2)3-8-6-18(17-16-8)5-7-4-10(19)15-13(22)14-7/h4,6,9H,3,5H2,1-2H3,(H2,14,15,19,22). The van der Waals surface area contributed by atoms with Gasteiger partial charge in [0.2, 0.25) is 0 Å². The molecule has 0 aliphatic carbocycles. The van der Waals surface area contributed by atoms with Gasteiger partial charge < -0.3 is 14.5 Å². The van der Waals surface area contributed by atoms with Crippen LogP contribution in [0.25, 0.3) is 0 Å². The lowest BCUT2D eigenvalue weighted by atomic mass is 10.0. The zero-order valence-electron chi connectivity index (χ0n) is 12.9. The SMILES string of the molecule is COC(=O)C(Cc1cn(Cc2cc(=O)[nH]c(=O)[nH]2)nn1)C(=O)OC. The molecule has 0 saturated heterocycles. The third kappa shape index (κ3) is 4.15. The Balaban J connectivity index is 2.14. The second kappa shape index (κ2) is 7.35. The lowest BCUT2D eigenvalue weighted by Gasteiger charge is -2.10. The van der Waals surface area contributed by atoms with E-state index in [-0.39, 0.29) is 13.0 Å². The Morgan fingerprint density at radius 3 is 2.46 bits per heavy atom. The summed E-state index contributed by atoms with van der Waals surface area (Å²) in [7, 11) is 2.33. The zero-order valence-corrected chi connectivity index (χ0v) is 12.9.